The molecule has 3 nitrogen and oxygen atoms in total. The molecule has 1 N–H and O–H groups in total. The van der Waals surface area contributed by atoms with Gasteiger partial charge in [-0.1, -0.05) is 0 Å². The fourth-order valence-corrected chi connectivity index (χ4v) is 2.03. The number of benzene rings is 1. The van der Waals surface area contributed by atoms with E-state index in [9.17, 15) is 0 Å². The molecule has 0 atom stereocenters. The lowest BCUT2D eigenvalue weighted by Gasteiger charge is -2.05. The Kier molecular flexibility index (Phi) is 2.29. The van der Waals surface area contributed by atoms with Crippen LogP contribution < -0.4 is 5.32 Å². The summed E-state index contributed by atoms with van der Waals surface area (Å²) in [5.74, 6) is 0. The van der Waals surface area contributed by atoms with E-state index in [0.717, 1.165) is 11.4 Å². The van der Waals surface area contributed by atoms with Crippen LogP contribution in [0.3, 0.4) is 0 Å². The zero-order chi connectivity index (χ0) is 11.7. The Bertz CT molecular complexity index is 641. The Hall–Kier alpha value is -2.29. The third-order valence-corrected chi connectivity index (χ3v) is 2.92. The van der Waals surface area contributed by atoms with E-state index in [1.54, 1.807) is 0 Å². The fourth-order valence-electron chi connectivity index (χ4n) is 2.03. The van der Waals surface area contributed by atoms with Crippen molar-refractivity contribution in [2.24, 2.45) is 0 Å². The Morgan fingerprint density at radius 3 is 2.65 bits per heavy atom. The molecule has 0 aliphatic carbocycles. The topological polar surface area (TPSA) is 29.9 Å². The molecule has 3 heteroatoms. The van der Waals surface area contributed by atoms with Crippen LogP contribution in [0.2, 0.25) is 0 Å². The van der Waals surface area contributed by atoms with E-state index in [1.165, 1.54) is 10.9 Å². The van der Waals surface area contributed by atoms with E-state index < -0.39 is 0 Å². The molecular weight excluding hydrogens is 210 g/mol. The number of rotatable bonds is 2. The van der Waals surface area contributed by atoms with Gasteiger partial charge in [0.15, 0.2) is 0 Å². The molecule has 0 amide bonds. The molecule has 2 heterocycles. The molecule has 0 radical (unpaired) electrons. The second-order valence-electron chi connectivity index (χ2n) is 3.91. The van der Waals surface area contributed by atoms with Gasteiger partial charge in [0.05, 0.1) is 5.52 Å². The molecule has 0 fully saturated rings. The molecule has 2 aromatic heterocycles. The highest BCUT2D eigenvalue weighted by molar-refractivity contribution is 5.85. The molecule has 0 unspecified atom stereocenters. The van der Waals surface area contributed by atoms with Gasteiger partial charge in [0.2, 0.25) is 0 Å². The van der Waals surface area contributed by atoms with Crippen molar-refractivity contribution in [3.05, 3.63) is 55.0 Å². The van der Waals surface area contributed by atoms with Crippen molar-refractivity contribution in [1.29, 1.82) is 0 Å². The van der Waals surface area contributed by atoms with Gasteiger partial charge in [0.25, 0.3) is 0 Å². The number of nitrogens with one attached hydrogen (secondary N) is 1. The van der Waals surface area contributed by atoms with Gasteiger partial charge >= 0.3 is 0 Å². The van der Waals surface area contributed by atoms with Gasteiger partial charge in [-0.25, -0.2) is 0 Å². The monoisotopic (exact) mass is 223 g/mol. The maximum absolute atomic E-state index is 4.04. The largest absolute Gasteiger partial charge is 0.388 e. The average Bonchev–Trinajstić information content (AvgIpc) is 2.82. The maximum atomic E-state index is 4.04. The molecule has 1 aromatic carbocycles. The molecule has 84 valence electrons. The zero-order valence-electron chi connectivity index (χ0n) is 9.59. The molecule has 3 aromatic rings. The molecule has 0 bridgehead atoms. The molecule has 0 aliphatic heterocycles. The number of anilines is 1. The molecule has 17 heavy (non-hydrogen) atoms. The fraction of sp³-hybridized carbons (Fsp3) is 0.0714. The summed E-state index contributed by atoms with van der Waals surface area (Å²) in [4.78, 5) is 4.04. The normalized spacial score (nSPS) is 10.6. The predicted molar refractivity (Wildman–Crippen MR) is 70.6 cm³/mol. The molecule has 3 rings (SSSR count). The molecule has 0 spiro atoms. The third-order valence-electron chi connectivity index (χ3n) is 2.92. The summed E-state index contributed by atoms with van der Waals surface area (Å²) in [5.41, 5.74) is 3.47. The predicted octanol–water partition coefficient (Wildman–Crippen LogP) is 3.07. The van der Waals surface area contributed by atoms with E-state index in [2.05, 4.69) is 45.3 Å². The van der Waals surface area contributed by atoms with Gasteiger partial charge in [-0.05, 0) is 36.4 Å². The molecule has 0 saturated heterocycles. The van der Waals surface area contributed by atoms with Crippen LogP contribution in [0.1, 0.15) is 0 Å². The summed E-state index contributed by atoms with van der Waals surface area (Å²) in [6.45, 7) is 0. The minimum atomic E-state index is 1.13. The van der Waals surface area contributed by atoms with Gasteiger partial charge < -0.3 is 9.88 Å². The van der Waals surface area contributed by atoms with Crippen molar-refractivity contribution in [3.63, 3.8) is 0 Å². The number of aromatic nitrogens is 2. The van der Waals surface area contributed by atoms with Gasteiger partial charge in [-0.3, -0.25) is 4.98 Å². The lowest BCUT2D eigenvalue weighted by Crippen LogP contribution is -1.92. The minimum absolute atomic E-state index is 1.13. The van der Waals surface area contributed by atoms with E-state index in [0.29, 0.717) is 0 Å². The van der Waals surface area contributed by atoms with Crippen molar-refractivity contribution in [2.75, 3.05) is 12.4 Å². The van der Waals surface area contributed by atoms with E-state index in [-0.39, 0.29) is 0 Å². The Morgan fingerprint density at radius 1 is 1.06 bits per heavy atom. The summed E-state index contributed by atoms with van der Waals surface area (Å²) in [7, 11) is 1.93. The summed E-state index contributed by atoms with van der Waals surface area (Å²) in [6, 6.07) is 12.5. The summed E-state index contributed by atoms with van der Waals surface area (Å²) >= 11 is 0. The van der Waals surface area contributed by atoms with Crippen molar-refractivity contribution in [1.82, 2.24) is 9.55 Å². The first-order valence-electron chi connectivity index (χ1n) is 5.58. The summed E-state index contributed by atoms with van der Waals surface area (Å²) < 4.78 is 2.16. The van der Waals surface area contributed by atoms with Crippen LogP contribution in [-0.2, 0) is 0 Å². The Labute approximate surface area is 99.7 Å². The van der Waals surface area contributed by atoms with Gasteiger partial charge in [0, 0.05) is 42.4 Å². The van der Waals surface area contributed by atoms with Crippen LogP contribution in [-0.4, -0.2) is 16.6 Å². The summed E-state index contributed by atoms with van der Waals surface area (Å²) in [6.07, 6.45) is 5.70. The Balaban J connectivity index is 2.19. The Morgan fingerprint density at radius 2 is 1.88 bits per heavy atom. The van der Waals surface area contributed by atoms with Gasteiger partial charge in [-0.2, -0.15) is 0 Å². The van der Waals surface area contributed by atoms with Crippen LogP contribution in [0.5, 0.6) is 0 Å². The molecule has 0 aliphatic rings. The number of hydrogen-bond donors (Lipinski definition) is 1. The third kappa shape index (κ3) is 1.65. The lowest BCUT2D eigenvalue weighted by atomic mass is 10.2. The van der Waals surface area contributed by atoms with Crippen LogP contribution in [0.4, 0.5) is 5.69 Å². The first-order chi connectivity index (χ1) is 8.38. The highest BCUT2D eigenvalue weighted by Crippen LogP contribution is 2.23. The quantitative estimate of drug-likeness (QED) is 0.723. The maximum Gasteiger partial charge on any atom is 0.0529 e. The van der Waals surface area contributed by atoms with Crippen molar-refractivity contribution >= 4 is 16.6 Å². The smallest absolute Gasteiger partial charge is 0.0529 e. The summed E-state index contributed by atoms with van der Waals surface area (Å²) in [5, 5.41) is 4.38. The van der Waals surface area contributed by atoms with E-state index in [4.69, 9.17) is 0 Å². The van der Waals surface area contributed by atoms with E-state index in [1.807, 2.05) is 31.6 Å². The lowest BCUT2D eigenvalue weighted by molar-refractivity contribution is 1.11. The highest BCUT2D eigenvalue weighted by atomic mass is 15.0. The van der Waals surface area contributed by atoms with Crippen LogP contribution in [0.25, 0.3) is 16.6 Å². The van der Waals surface area contributed by atoms with Crippen LogP contribution in [0.15, 0.2) is 55.0 Å². The number of fused-ring (bicyclic) bond motifs is 1. The first-order valence-corrected chi connectivity index (χ1v) is 5.58. The van der Waals surface area contributed by atoms with Crippen molar-refractivity contribution in [2.45, 2.75) is 0 Å². The molecular formula is C14H13N3. The second-order valence-corrected chi connectivity index (χ2v) is 3.91. The van der Waals surface area contributed by atoms with Crippen molar-refractivity contribution in [3.8, 4) is 5.69 Å². The minimum Gasteiger partial charge on any atom is -0.388 e. The van der Waals surface area contributed by atoms with E-state index >= 15 is 0 Å². The van der Waals surface area contributed by atoms with Gasteiger partial charge in [0.1, 0.15) is 0 Å². The first kappa shape index (κ1) is 9.90. The van der Waals surface area contributed by atoms with Crippen molar-refractivity contribution < 1.29 is 0 Å². The number of pyridine rings is 1. The second kappa shape index (κ2) is 3.94. The average molecular weight is 223 g/mol. The number of nitrogens with zero attached hydrogens (tertiary/aromatic N) is 2. The van der Waals surface area contributed by atoms with Crippen LogP contribution in [0, 0.1) is 0 Å². The SMILES string of the molecule is CNc1ccc2c(ccn2-c2ccncc2)c1. The highest BCUT2D eigenvalue weighted by Gasteiger charge is 2.03. The van der Waals surface area contributed by atoms with Gasteiger partial charge in [-0.15, -0.1) is 0 Å². The molecule has 0 saturated carbocycles. The number of hydrogen-bond acceptors (Lipinski definition) is 2. The van der Waals surface area contributed by atoms with Crippen LogP contribution >= 0.6 is 0 Å². The zero-order valence-corrected chi connectivity index (χ0v) is 9.59. The standard InChI is InChI=1S/C14H13N3/c1-15-12-2-3-14-11(10-12)6-9-17(14)13-4-7-16-8-5-13/h2-10,15H,1H3.